The van der Waals surface area contributed by atoms with Crippen molar-refractivity contribution in [2.24, 2.45) is 0 Å². The Morgan fingerprint density at radius 3 is 1.36 bits per heavy atom. The summed E-state index contributed by atoms with van der Waals surface area (Å²) in [6.45, 7) is 11.1. The van der Waals surface area contributed by atoms with E-state index in [2.05, 4.69) is 19.7 Å². The fourth-order valence-electron chi connectivity index (χ4n) is 3.64. The molecule has 190 valence electrons. The predicted molar refractivity (Wildman–Crippen MR) is 145 cm³/mol. The maximum absolute atomic E-state index is 10.5. The molecule has 36 heavy (non-hydrogen) atoms. The molecule has 0 spiro atoms. The van der Waals surface area contributed by atoms with Crippen molar-refractivity contribution in [1.29, 1.82) is 0 Å². The van der Waals surface area contributed by atoms with Crippen LogP contribution in [-0.2, 0) is 19.3 Å². The third-order valence-electron chi connectivity index (χ3n) is 5.38. The Bertz CT molecular complexity index is 1150. The molecule has 3 N–H and O–H groups in total. The normalized spacial score (nSPS) is 9.97. The van der Waals surface area contributed by atoms with E-state index in [0.717, 1.165) is 23.1 Å². The van der Waals surface area contributed by atoms with Gasteiger partial charge in [-0.1, -0.05) is 24.3 Å². The van der Waals surface area contributed by atoms with Crippen LogP contribution in [0.2, 0.25) is 0 Å². The van der Waals surface area contributed by atoms with Gasteiger partial charge in [-0.25, -0.2) is 0 Å². The molecule has 0 aliphatic rings. The highest BCUT2D eigenvalue weighted by Gasteiger charge is 2.18. The van der Waals surface area contributed by atoms with Crippen LogP contribution in [-0.4, -0.2) is 36.6 Å². The van der Waals surface area contributed by atoms with Crippen molar-refractivity contribution in [1.82, 2.24) is 0 Å². The number of aromatic hydroxyl groups is 3. The lowest BCUT2D eigenvalue weighted by Gasteiger charge is -2.16. The number of benzene rings is 3. The number of rotatable bonds is 10. The maximum Gasteiger partial charge on any atom is 0.165 e. The first-order chi connectivity index (χ1) is 17.3. The van der Waals surface area contributed by atoms with E-state index in [-0.39, 0.29) is 17.2 Å². The number of methoxy groups -OCH3 is 3. The fraction of sp³-hybridized carbons (Fsp3) is 0.200. The van der Waals surface area contributed by atoms with Crippen LogP contribution in [0.25, 0.3) is 11.1 Å². The average molecular weight is 491 g/mol. The van der Waals surface area contributed by atoms with Crippen LogP contribution < -0.4 is 14.2 Å². The molecule has 0 radical (unpaired) electrons. The van der Waals surface area contributed by atoms with Gasteiger partial charge in [-0.2, -0.15) is 0 Å². The predicted octanol–water partition coefficient (Wildman–Crippen LogP) is 6.37. The monoisotopic (exact) mass is 490 g/mol. The Morgan fingerprint density at radius 2 is 0.972 bits per heavy atom. The molecule has 0 unspecified atom stereocenters. The van der Waals surface area contributed by atoms with Crippen LogP contribution in [0.4, 0.5) is 0 Å². The van der Waals surface area contributed by atoms with Gasteiger partial charge < -0.3 is 29.5 Å². The van der Waals surface area contributed by atoms with Crippen LogP contribution in [0.5, 0.6) is 34.5 Å². The average Bonchev–Trinajstić information content (AvgIpc) is 2.88. The minimum atomic E-state index is -0.0292. The topological polar surface area (TPSA) is 88.4 Å². The highest BCUT2D eigenvalue weighted by Crippen LogP contribution is 2.45. The summed E-state index contributed by atoms with van der Waals surface area (Å²) in [6, 6.07) is 12.4. The maximum atomic E-state index is 10.5. The third-order valence-corrected chi connectivity index (χ3v) is 5.38. The van der Waals surface area contributed by atoms with Gasteiger partial charge in [0.15, 0.2) is 34.5 Å². The smallest absolute Gasteiger partial charge is 0.165 e. The van der Waals surface area contributed by atoms with Gasteiger partial charge in [-0.15, -0.1) is 19.7 Å². The van der Waals surface area contributed by atoms with Crippen LogP contribution in [0.1, 0.15) is 16.7 Å². The molecule has 0 saturated carbocycles. The molecule has 0 bridgehead atoms. The lowest BCUT2D eigenvalue weighted by Crippen LogP contribution is -1.94. The minimum Gasteiger partial charge on any atom is -0.504 e. The first-order valence-corrected chi connectivity index (χ1v) is 11.3. The molecule has 0 heterocycles. The zero-order valence-corrected chi connectivity index (χ0v) is 21.1. The largest absolute Gasteiger partial charge is 0.504 e. The van der Waals surface area contributed by atoms with Gasteiger partial charge in [0.1, 0.15) is 0 Å². The van der Waals surface area contributed by atoms with Gasteiger partial charge >= 0.3 is 0 Å². The summed E-state index contributed by atoms with van der Waals surface area (Å²) in [5.41, 5.74) is 3.88. The molecule has 6 nitrogen and oxygen atoms in total. The molecule has 3 aromatic rings. The molecule has 0 aromatic heterocycles. The van der Waals surface area contributed by atoms with Crippen molar-refractivity contribution in [3.63, 3.8) is 0 Å². The van der Waals surface area contributed by atoms with Gasteiger partial charge in [-0.3, -0.25) is 0 Å². The lowest BCUT2D eigenvalue weighted by atomic mass is 9.96. The molecule has 0 aliphatic heterocycles. The Labute approximate surface area is 213 Å². The summed E-state index contributed by atoms with van der Waals surface area (Å²) >= 11 is 0. The van der Waals surface area contributed by atoms with E-state index >= 15 is 0 Å². The zero-order valence-electron chi connectivity index (χ0n) is 21.1. The van der Waals surface area contributed by atoms with Crippen LogP contribution in [0, 0.1) is 0 Å². The molecule has 0 amide bonds. The highest BCUT2D eigenvalue weighted by atomic mass is 16.5. The number of phenolic OH excluding ortho intramolecular Hbond substituents is 3. The SMILES string of the molecule is C=CCc1cc(OC)c(O)c(-c2cc(CC=C)cc(OC)c2O)c1.C=CCc1ccc(O)c(OC)c1. The molecule has 0 atom stereocenters. The summed E-state index contributed by atoms with van der Waals surface area (Å²) in [7, 11) is 4.52. The Morgan fingerprint density at radius 1 is 0.583 bits per heavy atom. The van der Waals surface area contributed by atoms with E-state index in [1.807, 2.05) is 24.3 Å². The summed E-state index contributed by atoms with van der Waals surface area (Å²) in [5.74, 6) is 1.31. The second kappa shape index (κ2) is 13.5. The van der Waals surface area contributed by atoms with Gasteiger partial charge in [-0.05, 0) is 72.4 Å². The van der Waals surface area contributed by atoms with E-state index in [0.29, 0.717) is 41.2 Å². The molecule has 3 rings (SSSR count). The minimum absolute atomic E-state index is 0.0292. The lowest BCUT2D eigenvalue weighted by molar-refractivity contribution is 0.370. The Hall–Kier alpha value is -4.32. The van der Waals surface area contributed by atoms with Crippen LogP contribution in [0.15, 0.2) is 80.4 Å². The number of phenols is 3. The molecule has 0 aliphatic carbocycles. The van der Waals surface area contributed by atoms with Crippen molar-refractivity contribution in [3.8, 4) is 45.6 Å². The number of ether oxygens (including phenoxy) is 3. The molecular weight excluding hydrogens is 456 g/mol. The number of hydrogen-bond donors (Lipinski definition) is 3. The number of hydrogen-bond acceptors (Lipinski definition) is 6. The standard InChI is InChI=1S/C20H22O4.C10H12O2/c1-5-7-13-9-15(19(21)17(11-13)23-3)16-10-14(8-6-2)12-18(24-4)20(16)22;1-3-4-8-5-6-9(11)10(7-8)12-2/h5-6,9-12,21-22H,1-2,7-8H2,3-4H3;3,5-7,11H,1,4H2,2H3. The quantitative estimate of drug-likeness (QED) is 0.286. The molecule has 6 heteroatoms. The van der Waals surface area contributed by atoms with Crippen molar-refractivity contribution in [3.05, 3.63) is 97.1 Å². The van der Waals surface area contributed by atoms with Crippen molar-refractivity contribution >= 4 is 0 Å². The van der Waals surface area contributed by atoms with Crippen LogP contribution >= 0.6 is 0 Å². The summed E-state index contributed by atoms with van der Waals surface area (Å²) in [6.07, 6.45) is 7.37. The van der Waals surface area contributed by atoms with Crippen molar-refractivity contribution in [2.45, 2.75) is 19.3 Å². The van der Waals surface area contributed by atoms with Gasteiger partial charge in [0.25, 0.3) is 0 Å². The first-order valence-electron chi connectivity index (χ1n) is 11.3. The van der Waals surface area contributed by atoms with Gasteiger partial charge in [0.05, 0.1) is 21.3 Å². The van der Waals surface area contributed by atoms with Crippen LogP contribution in [0.3, 0.4) is 0 Å². The second-order valence-electron chi connectivity index (χ2n) is 7.87. The highest BCUT2D eigenvalue weighted by molar-refractivity contribution is 5.81. The van der Waals surface area contributed by atoms with Crippen molar-refractivity contribution in [2.75, 3.05) is 21.3 Å². The number of allylic oxidation sites excluding steroid dienone is 3. The molecule has 0 fully saturated rings. The van der Waals surface area contributed by atoms with E-state index in [1.54, 1.807) is 36.4 Å². The van der Waals surface area contributed by atoms with E-state index in [9.17, 15) is 15.3 Å². The fourth-order valence-corrected chi connectivity index (χ4v) is 3.64. The molecule has 3 aromatic carbocycles. The third kappa shape index (κ3) is 6.85. The molecular formula is C30H34O6. The summed E-state index contributed by atoms with van der Waals surface area (Å²) in [5, 5.41) is 30.3. The van der Waals surface area contributed by atoms with E-state index < -0.39 is 0 Å². The summed E-state index contributed by atoms with van der Waals surface area (Å²) < 4.78 is 15.5. The van der Waals surface area contributed by atoms with Crippen molar-refractivity contribution < 1.29 is 29.5 Å². The van der Waals surface area contributed by atoms with Gasteiger partial charge in [0, 0.05) is 11.1 Å². The first kappa shape index (κ1) is 27.9. The van der Waals surface area contributed by atoms with E-state index in [4.69, 9.17) is 14.2 Å². The Balaban J connectivity index is 0.000000319. The second-order valence-corrected chi connectivity index (χ2v) is 7.87. The zero-order chi connectivity index (χ0) is 26.7. The summed E-state index contributed by atoms with van der Waals surface area (Å²) in [4.78, 5) is 0. The van der Waals surface area contributed by atoms with Gasteiger partial charge in [0.2, 0.25) is 0 Å². The van der Waals surface area contributed by atoms with E-state index in [1.165, 1.54) is 21.3 Å². The molecule has 0 saturated heterocycles. The Kier molecular flexibility index (Phi) is 10.5.